The Kier molecular flexibility index (Phi) is 9.84. The molecule has 196 valence electrons. The van der Waals surface area contributed by atoms with Crippen LogP contribution in [0.4, 0.5) is 26.4 Å². The molecule has 2 N–H and O–H groups in total. The summed E-state index contributed by atoms with van der Waals surface area (Å²) in [7, 11) is 1.36. The molecule has 2 rings (SSSR count). The lowest BCUT2D eigenvalue weighted by Gasteiger charge is -2.26. The molecule has 0 bridgehead atoms. The van der Waals surface area contributed by atoms with Gasteiger partial charge in [-0.05, 0) is 29.7 Å². The smallest absolute Gasteiger partial charge is 0.405 e. The predicted octanol–water partition coefficient (Wildman–Crippen LogP) is 3.51. The lowest BCUT2D eigenvalue weighted by Crippen LogP contribution is -2.51. The lowest BCUT2D eigenvalue weighted by molar-refractivity contribution is -0.167. The van der Waals surface area contributed by atoms with Crippen molar-refractivity contribution in [2.24, 2.45) is 0 Å². The summed E-state index contributed by atoms with van der Waals surface area (Å²) >= 11 is 0. The quantitative estimate of drug-likeness (QED) is 0.194. The van der Waals surface area contributed by atoms with Gasteiger partial charge in [-0.25, -0.2) is 0 Å². The maximum absolute atomic E-state index is 15.0. The second kappa shape index (κ2) is 12.4. The average molecular weight is 519 g/mol. The van der Waals surface area contributed by atoms with Gasteiger partial charge in [0.25, 0.3) is 5.91 Å². The van der Waals surface area contributed by atoms with Crippen molar-refractivity contribution >= 4 is 17.6 Å². The van der Waals surface area contributed by atoms with E-state index in [-0.39, 0.29) is 18.4 Å². The molecule has 2 aromatic carbocycles. The second-order valence-electron chi connectivity index (χ2n) is 7.58. The highest BCUT2D eigenvalue weighted by molar-refractivity contribution is 6.08. The minimum atomic E-state index is -5.00. The SMILES string of the molecule is COc1ccc(C(NC(=O)CCc2ccccc2)N(F)CC(=O)C(F)(F)C(=O)NCC(F)(F)F)cc1. The van der Waals surface area contributed by atoms with Gasteiger partial charge >= 0.3 is 12.1 Å². The van der Waals surface area contributed by atoms with Crippen molar-refractivity contribution in [2.45, 2.75) is 31.1 Å². The Balaban J connectivity index is 2.14. The minimum Gasteiger partial charge on any atom is -0.497 e. The fourth-order valence-electron chi connectivity index (χ4n) is 2.97. The van der Waals surface area contributed by atoms with E-state index in [1.807, 2.05) is 0 Å². The summed E-state index contributed by atoms with van der Waals surface area (Å²) in [5.74, 6) is -10.1. The fourth-order valence-corrected chi connectivity index (χ4v) is 2.97. The highest BCUT2D eigenvalue weighted by Gasteiger charge is 2.49. The highest BCUT2D eigenvalue weighted by atomic mass is 19.4. The summed E-state index contributed by atoms with van der Waals surface area (Å²) in [5.41, 5.74) is 0.856. The molecule has 13 heteroatoms. The number of rotatable bonds is 12. The van der Waals surface area contributed by atoms with Gasteiger partial charge in [-0.1, -0.05) is 42.5 Å². The third kappa shape index (κ3) is 8.56. The molecule has 1 unspecified atom stereocenters. The Bertz CT molecular complexity index is 1030. The number of hydrogen-bond donors (Lipinski definition) is 2. The average Bonchev–Trinajstić information content (AvgIpc) is 2.84. The van der Waals surface area contributed by atoms with Gasteiger partial charge < -0.3 is 15.4 Å². The third-order valence-electron chi connectivity index (χ3n) is 4.87. The second-order valence-corrected chi connectivity index (χ2v) is 7.58. The van der Waals surface area contributed by atoms with Crippen LogP contribution in [0.2, 0.25) is 0 Å². The van der Waals surface area contributed by atoms with E-state index in [9.17, 15) is 40.8 Å². The first-order valence-electron chi connectivity index (χ1n) is 10.5. The predicted molar refractivity (Wildman–Crippen MR) is 115 cm³/mol. The van der Waals surface area contributed by atoms with Crippen LogP contribution in [0.25, 0.3) is 0 Å². The Morgan fingerprint density at radius 2 is 1.58 bits per heavy atom. The number of hydrogen-bond acceptors (Lipinski definition) is 5. The number of methoxy groups -OCH3 is 1. The van der Waals surface area contributed by atoms with Crippen LogP contribution in [0.3, 0.4) is 0 Å². The van der Waals surface area contributed by atoms with Crippen molar-refractivity contribution in [3.05, 3.63) is 65.7 Å². The number of benzene rings is 2. The van der Waals surface area contributed by atoms with Crippen molar-refractivity contribution in [3.8, 4) is 5.75 Å². The number of halogens is 6. The van der Waals surface area contributed by atoms with Crippen LogP contribution in [0, 0.1) is 0 Å². The summed E-state index contributed by atoms with van der Waals surface area (Å²) in [6.07, 6.45) is -6.54. The Labute approximate surface area is 202 Å². The first-order chi connectivity index (χ1) is 16.8. The number of carbonyl (C=O) groups is 3. The monoisotopic (exact) mass is 519 g/mol. The van der Waals surface area contributed by atoms with Crippen LogP contribution in [-0.2, 0) is 20.8 Å². The van der Waals surface area contributed by atoms with Crippen LogP contribution in [0.15, 0.2) is 54.6 Å². The Hall–Kier alpha value is -3.61. The molecule has 0 aliphatic carbocycles. The van der Waals surface area contributed by atoms with Gasteiger partial charge in [-0.15, -0.1) is 9.60 Å². The Morgan fingerprint density at radius 3 is 2.14 bits per heavy atom. The number of amides is 2. The molecule has 2 amide bonds. The topological polar surface area (TPSA) is 87.7 Å². The zero-order chi connectivity index (χ0) is 26.9. The molecule has 2 aromatic rings. The van der Waals surface area contributed by atoms with E-state index < -0.39 is 54.1 Å². The van der Waals surface area contributed by atoms with Gasteiger partial charge in [0.2, 0.25) is 11.7 Å². The van der Waals surface area contributed by atoms with Crippen LogP contribution in [0.5, 0.6) is 5.75 Å². The molecule has 0 saturated heterocycles. The van der Waals surface area contributed by atoms with Gasteiger partial charge in [0.15, 0.2) is 0 Å². The summed E-state index contributed by atoms with van der Waals surface area (Å²) < 4.78 is 84.7. The molecule has 36 heavy (non-hydrogen) atoms. The first-order valence-corrected chi connectivity index (χ1v) is 10.5. The summed E-state index contributed by atoms with van der Waals surface area (Å²) in [6.45, 7) is -3.80. The molecular formula is C23H23F6N3O4. The molecular weight excluding hydrogens is 496 g/mol. The van der Waals surface area contributed by atoms with Crippen LogP contribution < -0.4 is 15.4 Å². The number of ether oxygens (including phenoxy) is 1. The Morgan fingerprint density at radius 1 is 0.972 bits per heavy atom. The number of nitrogens with zero attached hydrogens (tertiary/aromatic N) is 1. The van der Waals surface area contributed by atoms with E-state index in [0.29, 0.717) is 5.75 Å². The van der Waals surface area contributed by atoms with Crippen molar-refractivity contribution in [3.63, 3.8) is 0 Å². The highest BCUT2D eigenvalue weighted by Crippen LogP contribution is 2.24. The van der Waals surface area contributed by atoms with Crippen LogP contribution in [-0.4, -0.2) is 55.0 Å². The molecule has 0 heterocycles. The summed E-state index contributed by atoms with van der Waals surface area (Å²) in [4.78, 5) is 35.9. The standard InChI is InChI=1S/C23H23F6N3O4/c1-36-17-10-8-16(9-11-17)20(31-19(34)12-7-15-5-3-2-4-6-15)32(29)13-18(33)23(27,28)21(35)30-14-22(24,25)26/h2-6,8-11,20H,7,12-14H2,1H3,(H,30,35)(H,31,34). The molecule has 0 aromatic heterocycles. The number of alkyl halides is 5. The zero-order valence-electron chi connectivity index (χ0n) is 18.9. The van der Waals surface area contributed by atoms with Crippen molar-refractivity contribution in [1.29, 1.82) is 0 Å². The van der Waals surface area contributed by atoms with Crippen LogP contribution >= 0.6 is 0 Å². The zero-order valence-corrected chi connectivity index (χ0v) is 18.9. The molecule has 0 aliphatic heterocycles. The minimum absolute atomic E-state index is 0.0454. The molecule has 0 fully saturated rings. The summed E-state index contributed by atoms with van der Waals surface area (Å²) in [5, 5.41) is 2.76. The number of Topliss-reactive ketones (excluding diaryl/α,β-unsaturated/α-hetero) is 1. The normalized spacial score (nSPS) is 12.7. The number of carbonyl (C=O) groups excluding carboxylic acids is 3. The number of ketones is 1. The first kappa shape index (κ1) is 28.6. The molecule has 0 saturated carbocycles. The third-order valence-corrected chi connectivity index (χ3v) is 4.87. The van der Waals surface area contributed by atoms with E-state index in [4.69, 9.17) is 4.74 Å². The largest absolute Gasteiger partial charge is 0.497 e. The number of aryl methyl sites for hydroxylation is 1. The van der Waals surface area contributed by atoms with Crippen LogP contribution in [0.1, 0.15) is 23.7 Å². The van der Waals surface area contributed by atoms with Crippen molar-refractivity contribution < 1.29 is 45.6 Å². The molecule has 0 aliphatic rings. The van der Waals surface area contributed by atoms with Gasteiger partial charge in [-0.3, -0.25) is 14.4 Å². The van der Waals surface area contributed by atoms with Crippen molar-refractivity contribution in [1.82, 2.24) is 15.8 Å². The molecule has 0 spiro atoms. The maximum Gasteiger partial charge on any atom is 0.405 e. The molecule has 0 radical (unpaired) electrons. The number of nitrogens with one attached hydrogen (secondary N) is 2. The van der Waals surface area contributed by atoms with E-state index >= 15 is 0 Å². The van der Waals surface area contributed by atoms with Gasteiger partial charge in [0.05, 0.1) is 13.7 Å². The van der Waals surface area contributed by atoms with E-state index in [2.05, 4.69) is 5.32 Å². The summed E-state index contributed by atoms with van der Waals surface area (Å²) in [6, 6.07) is 14.2. The fraction of sp³-hybridized carbons (Fsp3) is 0.348. The van der Waals surface area contributed by atoms with E-state index in [1.165, 1.54) is 31.4 Å². The molecule has 1 atom stereocenters. The van der Waals surface area contributed by atoms with Gasteiger partial charge in [-0.2, -0.15) is 22.0 Å². The maximum atomic E-state index is 15.0. The van der Waals surface area contributed by atoms with E-state index in [1.54, 1.807) is 30.3 Å². The van der Waals surface area contributed by atoms with Gasteiger partial charge in [0.1, 0.15) is 18.5 Å². The van der Waals surface area contributed by atoms with Crippen molar-refractivity contribution in [2.75, 3.05) is 20.2 Å². The molecule has 7 nitrogen and oxygen atoms in total. The van der Waals surface area contributed by atoms with E-state index in [0.717, 1.165) is 10.9 Å². The van der Waals surface area contributed by atoms with Gasteiger partial charge in [0, 0.05) is 6.42 Å². The lowest BCUT2D eigenvalue weighted by atomic mass is 10.1.